The van der Waals surface area contributed by atoms with Crippen molar-refractivity contribution in [3.05, 3.63) is 59.7 Å². The molecule has 0 bridgehead atoms. The molecule has 0 saturated carbocycles. The van der Waals surface area contributed by atoms with Gasteiger partial charge in [-0.3, -0.25) is 0 Å². The van der Waals surface area contributed by atoms with Crippen LogP contribution in [0.3, 0.4) is 0 Å². The topological polar surface area (TPSA) is 59.0 Å². The Morgan fingerprint density at radius 2 is 1.89 bits per heavy atom. The van der Waals surface area contributed by atoms with Gasteiger partial charge in [0.05, 0.1) is 5.56 Å². The molecule has 1 atom stereocenters. The lowest BCUT2D eigenvalue weighted by atomic mass is 10.1. The van der Waals surface area contributed by atoms with E-state index in [0.717, 1.165) is 5.56 Å². The fourth-order valence-electron chi connectivity index (χ4n) is 1.72. The van der Waals surface area contributed by atoms with E-state index in [1.54, 1.807) is 18.2 Å². The van der Waals surface area contributed by atoms with Crippen LogP contribution in [-0.4, -0.2) is 0 Å². The fourth-order valence-corrected chi connectivity index (χ4v) is 1.72. The largest absolute Gasteiger partial charge is 0.485 e. The molecule has 2 aromatic rings. The van der Waals surface area contributed by atoms with E-state index in [2.05, 4.69) is 6.07 Å². The zero-order chi connectivity index (χ0) is 13.0. The first kappa shape index (κ1) is 12.0. The maximum absolute atomic E-state index is 9.04. The van der Waals surface area contributed by atoms with Gasteiger partial charge in [-0.1, -0.05) is 30.3 Å². The van der Waals surface area contributed by atoms with Gasteiger partial charge in [0.25, 0.3) is 0 Å². The van der Waals surface area contributed by atoms with Crippen molar-refractivity contribution in [1.82, 2.24) is 0 Å². The van der Waals surface area contributed by atoms with Crippen molar-refractivity contribution in [3.8, 4) is 11.8 Å². The number of hydrogen-bond acceptors (Lipinski definition) is 3. The number of nitrogen functional groups attached to an aromatic ring is 1. The lowest BCUT2D eigenvalue weighted by Crippen LogP contribution is -2.04. The molecule has 1 unspecified atom stereocenters. The normalized spacial score (nSPS) is 11.6. The molecule has 0 aliphatic rings. The summed E-state index contributed by atoms with van der Waals surface area (Å²) in [7, 11) is 0. The first-order chi connectivity index (χ1) is 8.70. The summed E-state index contributed by atoms with van der Waals surface area (Å²) in [5, 5.41) is 9.04. The fraction of sp³-hybridized carbons (Fsp3) is 0.133. The summed E-state index contributed by atoms with van der Waals surface area (Å²) >= 11 is 0. The molecule has 0 heterocycles. The third-order valence-corrected chi connectivity index (χ3v) is 2.70. The van der Waals surface area contributed by atoms with Crippen molar-refractivity contribution in [1.29, 1.82) is 5.26 Å². The smallest absolute Gasteiger partial charge is 0.138 e. The molecule has 0 spiro atoms. The number of ether oxygens (including phenoxy) is 1. The van der Waals surface area contributed by atoms with E-state index in [0.29, 0.717) is 17.0 Å². The second-order valence-electron chi connectivity index (χ2n) is 4.04. The van der Waals surface area contributed by atoms with Gasteiger partial charge in [0, 0.05) is 5.69 Å². The molecule has 0 radical (unpaired) electrons. The minimum Gasteiger partial charge on any atom is -0.485 e. The maximum Gasteiger partial charge on any atom is 0.138 e. The molecule has 90 valence electrons. The highest BCUT2D eigenvalue weighted by molar-refractivity contribution is 5.53. The van der Waals surface area contributed by atoms with Crippen LogP contribution in [0.5, 0.6) is 5.75 Å². The van der Waals surface area contributed by atoms with Crippen LogP contribution in [-0.2, 0) is 0 Å². The Balaban J connectivity index is 2.22. The van der Waals surface area contributed by atoms with Crippen LogP contribution >= 0.6 is 0 Å². The van der Waals surface area contributed by atoms with Crippen LogP contribution in [0.2, 0.25) is 0 Å². The molecule has 0 amide bonds. The predicted octanol–water partition coefficient (Wildman–Crippen LogP) is 3.28. The third kappa shape index (κ3) is 2.61. The summed E-state index contributed by atoms with van der Waals surface area (Å²) in [6.07, 6.45) is -0.109. The van der Waals surface area contributed by atoms with Crippen molar-refractivity contribution in [2.75, 3.05) is 5.73 Å². The maximum atomic E-state index is 9.04. The molecule has 2 N–H and O–H groups in total. The van der Waals surface area contributed by atoms with E-state index in [-0.39, 0.29) is 6.10 Å². The molecule has 18 heavy (non-hydrogen) atoms. The lowest BCUT2D eigenvalue weighted by molar-refractivity contribution is 0.226. The number of nitriles is 1. The Bertz CT molecular complexity index is 573. The Hall–Kier alpha value is -2.47. The molecule has 0 fully saturated rings. The van der Waals surface area contributed by atoms with Crippen LogP contribution in [0.4, 0.5) is 5.69 Å². The van der Waals surface area contributed by atoms with Crippen molar-refractivity contribution in [2.45, 2.75) is 13.0 Å². The van der Waals surface area contributed by atoms with Crippen LogP contribution in [0.25, 0.3) is 0 Å². The number of benzene rings is 2. The van der Waals surface area contributed by atoms with Crippen molar-refractivity contribution in [2.24, 2.45) is 0 Å². The van der Waals surface area contributed by atoms with Gasteiger partial charge in [-0.05, 0) is 30.7 Å². The summed E-state index contributed by atoms with van der Waals surface area (Å²) in [5.74, 6) is 0.558. The number of nitrogens with zero attached hydrogens (tertiary/aromatic N) is 1. The van der Waals surface area contributed by atoms with Crippen molar-refractivity contribution >= 4 is 5.69 Å². The monoisotopic (exact) mass is 238 g/mol. The molecule has 0 aromatic heterocycles. The molecule has 3 nitrogen and oxygen atoms in total. The first-order valence-electron chi connectivity index (χ1n) is 5.72. The number of anilines is 1. The third-order valence-electron chi connectivity index (χ3n) is 2.70. The lowest BCUT2D eigenvalue weighted by Gasteiger charge is -2.16. The molecule has 0 saturated heterocycles. The van der Waals surface area contributed by atoms with Crippen LogP contribution in [0, 0.1) is 11.3 Å². The zero-order valence-corrected chi connectivity index (χ0v) is 10.1. The quantitative estimate of drug-likeness (QED) is 0.835. The van der Waals surface area contributed by atoms with Gasteiger partial charge in [-0.15, -0.1) is 0 Å². The van der Waals surface area contributed by atoms with E-state index in [4.69, 9.17) is 15.7 Å². The Morgan fingerprint density at radius 3 is 2.56 bits per heavy atom. The van der Waals surface area contributed by atoms with Crippen LogP contribution < -0.4 is 10.5 Å². The van der Waals surface area contributed by atoms with Crippen LogP contribution in [0.1, 0.15) is 24.2 Å². The summed E-state index contributed by atoms with van der Waals surface area (Å²) in [6, 6.07) is 17.0. The highest BCUT2D eigenvalue weighted by Crippen LogP contribution is 2.26. The Morgan fingerprint density at radius 1 is 1.17 bits per heavy atom. The second-order valence-corrected chi connectivity index (χ2v) is 4.04. The van der Waals surface area contributed by atoms with Crippen molar-refractivity contribution in [3.63, 3.8) is 0 Å². The van der Waals surface area contributed by atoms with E-state index < -0.39 is 0 Å². The highest BCUT2D eigenvalue weighted by Gasteiger charge is 2.10. The summed E-state index contributed by atoms with van der Waals surface area (Å²) in [4.78, 5) is 0. The Kier molecular flexibility index (Phi) is 3.49. The SMILES string of the molecule is CC(Oc1ccc(N)cc1C#N)c1ccccc1. The van der Waals surface area contributed by atoms with Gasteiger partial charge >= 0.3 is 0 Å². The molecule has 0 aliphatic heterocycles. The zero-order valence-electron chi connectivity index (χ0n) is 10.1. The summed E-state index contributed by atoms with van der Waals surface area (Å²) in [6.45, 7) is 1.95. The van der Waals surface area contributed by atoms with Crippen LogP contribution in [0.15, 0.2) is 48.5 Å². The van der Waals surface area contributed by atoms with Gasteiger partial charge in [0.2, 0.25) is 0 Å². The van der Waals surface area contributed by atoms with Gasteiger partial charge < -0.3 is 10.5 Å². The molecule has 2 rings (SSSR count). The Labute approximate surface area is 106 Å². The first-order valence-corrected chi connectivity index (χ1v) is 5.72. The van der Waals surface area contributed by atoms with Gasteiger partial charge in [-0.25, -0.2) is 0 Å². The number of rotatable bonds is 3. The predicted molar refractivity (Wildman–Crippen MR) is 71.1 cm³/mol. The summed E-state index contributed by atoms with van der Waals surface area (Å²) < 4.78 is 5.80. The van der Waals surface area contributed by atoms with Crippen molar-refractivity contribution < 1.29 is 4.74 Å². The number of hydrogen-bond donors (Lipinski definition) is 1. The van der Waals surface area contributed by atoms with Gasteiger partial charge in [0.15, 0.2) is 0 Å². The molecule has 3 heteroatoms. The average molecular weight is 238 g/mol. The van der Waals surface area contributed by atoms with E-state index >= 15 is 0 Å². The van der Waals surface area contributed by atoms with E-state index in [1.807, 2.05) is 37.3 Å². The minimum absolute atomic E-state index is 0.109. The molecule has 0 aliphatic carbocycles. The molecular weight excluding hydrogens is 224 g/mol. The van der Waals surface area contributed by atoms with E-state index in [1.165, 1.54) is 0 Å². The summed E-state index contributed by atoms with van der Waals surface area (Å²) in [5.41, 5.74) is 7.72. The standard InChI is InChI=1S/C15H14N2O/c1-11(12-5-3-2-4-6-12)18-15-8-7-14(17)9-13(15)10-16/h2-9,11H,17H2,1H3. The highest BCUT2D eigenvalue weighted by atomic mass is 16.5. The van der Waals surface area contributed by atoms with Gasteiger partial charge in [0.1, 0.15) is 17.9 Å². The number of nitrogens with two attached hydrogens (primary N) is 1. The van der Waals surface area contributed by atoms with Gasteiger partial charge in [-0.2, -0.15) is 5.26 Å². The van der Waals surface area contributed by atoms with E-state index in [9.17, 15) is 0 Å². The molecule has 2 aromatic carbocycles. The average Bonchev–Trinajstić information content (AvgIpc) is 2.41. The molecular formula is C15H14N2O. The second kappa shape index (κ2) is 5.24. The minimum atomic E-state index is -0.109.